The maximum absolute atomic E-state index is 11.1. The Morgan fingerprint density at radius 2 is 1.89 bits per heavy atom. The third-order valence-electron chi connectivity index (χ3n) is 2.48. The Balaban J connectivity index is 3.22. The molecule has 0 aliphatic rings. The molecule has 0 saturated carbocycles. The summed E-state index contributed by atoms with van der Waals surface area (Å²) in [6, 6.07) is 1.38. The third kappa shape index (κ3) is 3.71. The minimum absolute atomic E-state index is 0.0282. The highest BCUT2D eigenvalue weighted by atomic mass is 35.5. The molecule has 1 aromatic carbocycles. The highest BCUT2D eigenvalue weighted by molar-refractivity contribution is 6.42. The van der Waals surface area contributed by atoms with Crippen LogP contribution in [0.25, 0.3) is 0 Å². The van der Waals surface area contributed by atoms with Crippen LogP contribution in [0.5, 0.6) is 0 Å². The summed E-state index contributed by atoms with van der Waals surface area (Å²) in [7, 11) is 0. The molecule has 1 atom stereocenters. The van der Waals surface area contributed by atoms with Gasteiger partial charge < -0.3 is 10.4 Å². The van der Waals surface area contributed by atoms with Crippen molar-refractivity contribution in [2.45, 2.75) is 19.9 Å². The van der Waals surface area contributed by atoms with Gasteiger partial charge in [0.15, 0.2) is 0 Å². The van der Waals surface area contributed by atoms with Crippen LogP contribution in [0, 0.1) is 16.0 Å². The summed E-state index contributed by atoms with van der Waals surface area (Å²) in [6.45, 7) is 3.38. The Morgan fingerprint density at radius 1 is 1.37 bits per heavy atom. The van der Waals surface area contributed by atoms with Gasteiger partial charge >= 0.3 is 5.97 Å². The lowest BCUT2D eigenvalue weighted by molar-refractivity contribution is -0.384. The summed E-state index contributed by atoms with van der Waals surface area (Å²) in [4.78, 5) is 21.4. The Kier molecular flexibility index (Phi) is 4.97. The largest absolute Gasteiger partial charge is 0.480 e. The van der Waals surface area contributed by atoms with Gasteiger partial charge in [0.05, 0.1) is 15.0 Å². The topological polar surface area (TPSA) is 92.5 Å². The first-order valence-electron chi connectivity index (χ1n) is 5.36. The van der Waals surface area contributed by atoms with Gasteiger partial charge in [0.25, 0.3) is 5.69 Å². The van der Waals surface area contributed by atoms with Crippen LogP contribution in [0.3, 0.4) is 0 Å². The quantitative estimate of drug-likeness (QED) is 0.642. The average molecular weight is 307 g/mol. The number of halogens is 2. The molecule has 0 radical (unpaired) electrons. The molecule has 8 heteroatoms. The van der Waals surface area contributed by atoms with Crippen molar-refractivity contribution in [2.75, 3.05) is 5.32 Å². The Labute approximate surface area is 119 Å². The van der Waals surface area contributed by atoms with Gasteiger partial charge in [-0.1, -0.05) is 37.0 Å². The van der Waals surface area contributed by atoms with E-state index in [4.69, 9.17) is 28.3 Å². The van der Waals surface area contributed by atoms with E-state index in [1.807, 2.05) is 0 Å². The number of nitrogens with one attached hydrogen (secondary N) is 1. The molecule has 0 aliphatic heterocycles. The smallest absolute Gasteiger partial charge is 0.326 e. The number of aliphatic carboxylic acids is 1. The monoisotopic (exact) mass is 306 g/mol. The van der Waals surface area contributed by atoms with Crippen molar-refractivity contribution in [1.82, 2.24) is 0 Å². The van der Waals surface area contributed by atoms with Crippen LogP contribution in [-0.2, 0) is 4.79 Å². The van der Waals surface area contributed by atoms with Gasteiger partial charge in [0, 0.05) is 6.07 Å². The second-order valence-electron chi connectivity index (χ2n) is 4.24. The fourth-order valence-corrected chi connectivity index (χ4v) is 1.81. The Hall–Kier alpha value is -1.53. The van der Waals surface area contributed by atoms with E-state index in [0.29, 0.717) is 0 Å². The van der Waals surface area contributed by atoms with Crippen molar-refractivity contribution in [3.8, 4) is 0 Å². The predicted octanol–water partition coefficient (Wildman–Crippen LogP) is 3.42. The molecule has 0 saturated heterocycles. The Bertz CT molecular complexity index is 520. The molecule has 0 aromatic heterocycles. The van der Waals surface area contributed by atoms with Crippen molar-refractivity contribution < 1.29 is 14.8 Å². The zero-order valence-corrected chi connectivity index (χ0v) is 11.7. The van der Waals surface area contributed by atoms with Gasteiger partial charge in [-0.3, -0.25) is 10.1 Å². The molecule has 1 aromatic rings. The molecule has 0 bridgehead atoms. The molecule has 0 spiro atoms. The summed E-state index contributed by atoms with van der Waals surface area (Å²) < 4.78 is 0. The number of carboxylic acids is 1. The van der Waals surface area contributed by atoms with E-state index in [9.17, 15) is 14.9 Å². The fraction of sp³-hybridized carbons (Fsp3) is 0.364. The third-order valence-corrected chi connectivity index (χ3v) is 3.20. The van der Waals surface area contributed by atoms with Gasteiger partial charge in [0.2, 0.25) is 0 Å². The standard InChI is InChI=1S/C11H12Cl2N2O4/c1-5(2)10(11(16)17)14-8-3-6(12)7(13)4-9(8)15(18)19/h3-5,10,14H,1-2H3,(H,16,17). The van der Waals surface area contributed by atoms with Gasteiger partial charge in [-0.05, 0) is 12.0 Å². The van der Waals surface area contributed by atoms with E-state index in [1.54, 1.807) is 13.8 Å². The summed E-state index contributed by atoms with van der Waals surface area (Å²) in [5.74, 6) is -1.36. The zero-order valence-electron chi connectivity index (χ0n) is 10.2. The number of nitro groups is 1. The van der Waals surface area contributed by atoms with Crippen molar-refractivity contribution in [1.29, 1.82) is 0 Å². The molecule has 19 heavy (non-hydrogen) atoms. The highest BCUT2D eigenvalue weighted by Crippen LogP contribution is 2.34. The minimum atomic E-state index is -1.10. The van der Waals surface area contributed by atoms with E-state index in [0.717, 1.165) is 6.07 Å². The number of rotatable bonds is 5. The summed E-state index contributed by atoms with van der Waals surface area (Å²) in [6.07, 6.45) is 0. The molecule has 2 N–H and O–H groups in total. The number of benzene rings is 1. The fourth-order valence-electron chi connectivity index (χ4n) is 1.48. The summed E-state index contributed by atoms with van der Waals surface area (Å²) >= 11 is 11.5. The molecule has 0 heterocycles. The van der Waals surface area contributed by atoms with Crippen molar-refractivity contribution in [3.63, 3.8) is 0 Å². The first-order valence-corrected chi connectivity index (χ1v) is 6.12. The van der Waals surface area contributed by atoms with Crippen molar-refractivity contribution >= 4 is 40.5 Å². The maximum atomic E-state index is 11.1. The predicted molar refractivity (Wildman–Crippen MR) is 73.0 cm³/mol. The molecule has 104 valence electrons. The SMILES string of the molecule is CC(C)C(Nc1cc(Cl)c(Cl)cc1[N+](=O)[O-])C(=O)O. The lowest BCUT2D eigenvalue weighted by Crippen LogP contribution is -2.34. The van der Waals surface area contributed by atoms with Crippen LogP contribution in [0.4, 0.5) is 11.4 Å². The number of nitro benzene ring substituents is 1. The molecule has 6 nitrogen and oxygen atoms in total. The van der Waals surface area contributed by atoms with Crippen LogP contribution in [0.2, 0.25) is 10.0 Å². The van der Waals surface area contributed by atoms with E-state index in [2.05, 4.69) is 5.32 Å². The van der Waals surface area contributed by atoms with Crippen LogP contribution < -0.4 is 5.32 Å². The second-order valence-corrected chi connectivity index (χ2v) is 5.06. The molecular formula is C11H12Cl2N2O4. The number of anilines is 1. The summed E-state index contributed by atoms with van der Waals surface area (Å²) in [5, 5.41) is 22.8. The number of hydrogen-bond donors (Lipinski definition) is 2. The number of nitrogens with zero attached hydrogens (tertiary/aromatic N) is 1. The molecule has 1 unspecified atom stereocenters. The average Bonchev–Trinajstić information content (AvgIpc) is 2.28. The van der Waals surface area contributed by atoms with Gasteiger partial charge in [0.1, 0.15) is 11.7 Å². The first-order chi connectivity index (χ1) is 8.73. The van der Waals surface area contributed by atoms with E-state index in [1.165, 1.54) is 6.07 Å². The van der Waals surface area contributed by atoms with E-state index >= 15 is 0 Å². The van der Waals surface area contributed by atoms with Gasteiger partial charge in [-0.15, -0.1) is 0 Å². The lowest BCUT2D eigenvalue weighted by atomic mass is 10.0. The highest BCUT2D eigenvalue weighted by Gasteiger charge is 2.25. The first kappa shape index (κ1) is 15.5. The minimum Gasteiger partial charge on any atom is -0.480 e. The maximum Gasteiger partial charge on any atom is 0.326 e. The molecule has 0 amide bonds. The molecular weight excluding hydrogens is 295 g/mol. The number of carbonyl (C=O) groups is 1. The summed E-state index contributed by atoms with van der Waals surface area (Å²) in [5.41, 5.74) is -0.290. The van der Waals surface area contributed by atoms with Crippen LogP contribution in [-0.4, -0.2) is 22.0 Å². The van der Waals surface area contributed by atoms with Crippen molar-refractivity contribution in [2.24, 2.45) is 5.92 Å². The second kappa shape index (κ2) is 6.08. The molecule has 1 rings (SSSR count). The van der Waals surface area contributed by atoms with Crippen LogP contribution in [0.1, 0.15) is 13.8 Å². The Morgan fingerprint density at radius 3 is 2.32 bits per heavy atom. The van der Waals surface area contributed by atoms with E-state index < -0.39 is 16.9 Å². The molecule has 0 fully saturated rings. The van der Waals surface area contributed by atoms with Crippen LogP contribution in [0.15, 0.2) is 12.1 Å². The zero-order chi connectivity index (χ0) is 14.7. The molecule has 0 aliphatic carbocycles. The van der Waals surface area contributed by atoms with Gasteiger partial charge in [-0.25, -0.2) is 4.79 Å². The van der Waals surface area contributed by atoms with Crippen LogP contribution >= 0.6 is 23.2 Å². The van der Waals surface area contributed by atoms with Gasteiger partial charge in [-0.2, -0.15) is 0 Å². The number of carboxylic acid groups (broad SMARTS) is 1. The van der Waals surface area contributed by atoms with Crippen molar-refractivity contribution in [3.05, 3.63) is 32.3 Å². The number of hydrogen-bond acceptors (Lipinski definition) is 4. The van der Waals surface area contributed by atoms with E-state index in [-0.39, 0.29) is 27.3 Å². The lowest BCUT2D eigenvalue weighted by Gasteiger charge is -2.19. The normalized spacial score (nSPS) is 12.3.